The second-order valence-corrected chi connectivity index (χ2v) is 7.52. The zero-order chi connectivity index (χ0) is 18.3. The first kappa shape index (κ1) is 16.6. The molecule has 0 unspecified atom stereocenters. The maximum atomic E-state index is 10.2. The van der Waals surface area contributed by atoms with Gasteiger partial charge in [0.1, 0.15) is 10.8 Å². The fourth-order valence-electron chi connectivity index (χ4n) is 4.48. The van der Waals surface area contributed by atoms with Crippen LogP contribution in [0.5, 0.6) is 5.75 Å². The number of hydrogen-bond acceptors (Lipinski definition) is 6. The van der Waals surface area contributed by atoms with E-state index in [0.717, 1.165) is 36.0 Å². The Labute approximate surface area is 156 Å². The predicted octanol–water partition coefficient (Wildman–Crippen LogP) is 4.00. The summed E-state index contributed by atoms with van der Waals surface area (Å²) in [4.78, 5) is 0. The van der Waals surface area contributed by atoms with Gasteiger partial charge >= 0.3 is 0 Å². The van der Waals surface area contributed by atoms with Crippen molar-refractivity contribution in [3.05, 3.63) is 47.2 Å². The number of rotatable bonds is 2. The van der Waals surface area contributed by atoms with Gasteiger partial charge in [-0.2, -0.15) is 14.9 Å². The molecule has 1 aromatic carbocycles. The third-order valence-electron chi connectivity index (χ3n) is 5.56. The van der Waals surface area contributed by atoms with E-state index in [1.54, 1.807) is 7.11 Å². The number of anilines is 1. The van der Waals surface area contributed by atoms with Crippen molar-refractivity contribution in [2.45, 2.75) is 30.6 Å². The summed E-state index contributed by atoms with van der Waals surface area (Å²) in [6, 6.07) is 12.3. The lowest BCUT2D eigenvalue weighted by atomic mass is 9.56. The van der Waals surface area contributed by atoms with Gasteiger partial charge in [-0.15, -0.1) is 0 Å². The normalized spacial score (nSPS) is 23.0. The molecule has 0 bridgehead atoms. The van der Waals surface area contributed by atoms with Crippen LogP contribution < -0.4 is 10.5 Å². The van der Waals surface area contributed by atoms with Gasteiger partial charge in [0.15, 0.2) is 5.41 Å². The van der Waals surface area contributed by atoms with Gasteiger partial charge in [0.2, 0.25) is 0 Å². The molecule has 6 heteroatoms. The average Bonchev–Trinajstić information content (AvgIpc) is 3.09. The number of nitrogen functional groups attached to an aromatic ring is 1. The maximum absolute atomic E-state index is 10.2. The van der Waals surface area contributed by atoms with Gasteiger partial charge in [-0.05, 0) is 48.4 Å². The van der Waals surface area contributed by atoms with E-state index < -0.39 is 5.41 Å². The van der Waals surface area contributed by atoms with E-state index in [4.69, 9.17) is 10.5 Å². The number of hydrogen-bond donors (Lipinski definition) is 1. The largest absolute Gasteiger partial charge is 0.496 e. The molecule has 130 valence electrons. The zero-order valence-electron chi connectivity index (χ0n) is 14.4. The highest BCUT2D eigenvalue weighted by Crippen LogP contribution is 2.59. The smallest absolute Gasteiger partial charge is 0.194 e. The lowest BCUT2D eigenvalue weighted by molar-refractivity contribution is 0.349. The summed E-state index contributed by atoms with van der Waals surface area (Å²) in [6.07, 6.45) is 5.12. The topological polar surface area (TPSA) is 95.7 Å². The Balaban J connectivity index is 2.07. The summed E-state index contributed by atoms with van der Waals surface area (Å²) in [5.74, 6) is 0.406. The Bertz CT molecular complexity index is 964. The van der Waals surface area contributed by atoms with E-state index in [1.165, 1.54) is 11.5 Å². The Hall–Kier alpha value is -2.83. The van der Waals surface area contributed by atoms with Crippen molar-refractivity contribution < 1.29 is 4.74 Å². The Morgan fingerprint density at radius 3 is 2.81 bits per heavy atom. The third-order valence-corrected chi connectivity index (χ3v) is 6.23. The van der Waals surface area contributed by atoms with E-state index in [0.29, 0.717) is 16.4 Å². The molecule has 0 radical (unpaired) electrons. The van der Waals surface area contributed by atoms with Crippen molar-refractivity contribution in [3.63, 3.8) is 0 Å². The number of allylic oxidation sites excluding steroid dienone is 2. The second-order valence-electron chi connectivity index (χ2n) is 6.72. The number of nitriles is 2. The summed E-state index contributed by atoms with van der Waals surface area (Å²) >= 11 is 1.17. The minimum absolute atomic E-state index is 0.0468. The number of para-hydroxylation sites is 1. The minimum Gasteiger partial charge on any atom is -0.496 e. The van der Waals surface area contributed by atoms with Gasteiger partial charge in [-0.25, -0.2) is 0 Å². The molecular formula is C20H18N4OS. The fraction of sp³-hybridized carbons (Fsp3) is 0.350. The van der Waals surface area contributed by atoms with Crippen LogP contribution >= 0.6 is 11.5 Å². The fourth-order valence-corrected chi connectivity index (χ4v) is 5.21. The first-order chi connectivity index (χ1) is 12.7. The second kappa shape index (κ2) is 6.16. The first-order valence-electron chi connectivity index (χ1n) is 8.59. The monoisotopic (exact) mass is 362 g/mol. The zero-order valence-corrected chi connectivity index (χ0v) is 15.2. The van der Waals surface area contributed by atoms with Gasteiger partial charge in [-0.3, -0.25) is 0 Å². The van der Waals surface area contributed by atoms with Gasteiger partial charge < -0.3 is 10.5 Å². The number of benzene rings is 1. The molecule has 0 saturated heterocycles. The first-order valence-corrected chi connectivity index (χ1v) is 9.36. The Kier molecular flexibility index (Phi) is 3.94. The predicted molar refractivity (Wildman–Crippen MR) is 100 cm³/mol. The molecule has 0 amide bonds. The molecule has 2 N–H and O–H groups in total. The average molecular weight is 362 g/mol. The van der Waals surface area contributed by atoms with E-state index in [1.807, 2.05) is 24.3 Å². The SMILES string of the molecule is COc1ccccc1[C@H]1[C@H]2CCCC=C2c2c(nsc2N)C1(C#N)C#N. The molecule has 1 aromatic heterocycles. The van der Waals surface area contributed by atoms with Crippen LogP contribution in [-0.4, -0.2) is 11.5 Å². The lowest BCUT2D eigenvalue weighted by Crippen LogP contribution is -2.41. The van der Waals surface area contributed by atoms with Crippen LogP contribution in [0.4, 0.5) is 5.00 Å². The number of ether oxygens (including phenoxy) is 1. The summed E-state index contributed by atoms with van der Waals surface area (Å²) in [5.41, 5.74) is 8.17. The lowest BCUT2D eigenvalue weighted by Gasteiger charge is -2.43. The quantitative estimate of drug-likeness (QED) is 0.871. The van der Waals surface area contributed by atoms with Crippen molar-refractivity contribution >= 4 is 22.1 Å². The molecule has 2 aliphatic carbocycles. The summed E-state index contributed by atoms with van der Waals surface area (Å²) in [7, 11) is 1.62. The van der Waals surface area contributed by atoms with Gasteiger partial charge in [0.05, 0.1) is 24.9 Å². The number of nitrogens with zero attached hydrogens (tertiary/aromatic N) is 3. The Morgan fingerprint density at radius 1 is 1.31 bits per heavy atom. The third kappa shape index (κ3) is 2.09. The molecule has 1 heterocycles. The number of methoxy groups -OCH3 is 1. The van der Waals surface area contributed by atoms with Gasteiger partial charge in [0.25, 0.3) is 0 Å². The van der Waals surface area contributed by atoms with Crippen LogP contribution in [0.1, 0.15) is 42.0 Å². The summed E-state index contributed by atoms with van der Waals surface area (Å²) < 4.78 is 10.0. The molecule has 2 atom stereocenters. The number of nitrogens with two attached hydrogens (primary N) is 1. The maximum Gasteiger partial charge on any atom is 0.194 e. The molecular weight excluding hydrogens is 344 g/mol. The molecule has 2 aliphatic rings. The number of fused-ring (bicyclic) bond motifs is 3. The molecule has 2 aromatic rings. The standard InChI is InChI=1S/C20H18N4OS/c1-25-15-9-5-4-8-14(15)17-13-7-3-2-6-12(13)16-18(24-26-19(16)23)20(17,10-21)11-22/h4-6,8-9,13,17H,2-3,7,23H2,1H3/t13-,17+/m0/s1. The van der Waals surface area contributed by atoms with E-state index in [-0.39, 0.29) is 11.8 Å². The van der Waals surface area contributed by atoms with Crippen molar-refractivity contribution in [2.24, 2.45) is 5.92 Å². The van der Waals surface area contributed by atoms with Gasteiger partial charge in [0, 0.05) is 17.0 Å². The van der Waals surface area contributed by atoms with Crippen molar-refractivity contribution in [1.82, 2.24) is 4.37 Å². The molecule has 0 fully saturated rings. The highest BCUT2D eigenvalue weighted by Gasteiger charge is 2.55. The highest BCUT2D eigenvalue weighted by molar-refractivity contribution is 7.10. The van der Waals surface area contributed by atoms with Crippen molar-refractivity contribution in [2.75, 3.05) is 12.8 Å². The van der Waals surface area contributed by atoms with Crippen LogP contribution in [0, 0.1) is 28.6 Å². The van der Waals surface area contributed by atoms with Crippen LogP contribution in [0.15, 0.2) is 30.3 Å². The van der Waals surface area contributed by atoms with Gasteiger partial charge in [-0.1, -0.05) is 24.3 Å². The van der Waals surface area contributed by atoms with E-state index in [9.17, 15) is 10.5 Å². The summed E-state index contributed by atoms with van der Waals surface area (Å²) in [6.45, 7) is 0. The molecule has 26 heavy (non-hydrogen) atoms. The van der Waals surface area contributed by atoms with Crippen molar-refractivity contribution in [3.8, 4) is 17.9 Å². The van der Waals surface area contributed by atoms with E-state index >= 15 is 0 Å². The van der Waals surface area contributed by atoms with Crippen LogP contribution in [0.3, 0.4) is 0 Å². The number of aromatic nitrogens is 1. The van der Waals surface area contributed by atoms with E-state index in [2.05, 4.69) is 22.6 Å². The molecule has 0 aliphatic heterocycles. The van der Waals surface area contributed by atoms with Crippen molar-refractivity contribution in [1.29, 1.82) is 10.5 Å². The molecule has 0 spiro atoms. The Morgan fingerprint density at radius 2 is 2.08 bits per heavy atom. The minimum atomic E-state index is -1.38. The van der Waals surface area contributed by atoms with Crippen LogP contribution in [0.2, 0.25) is 0 Å². The highest BCUT2D eigenvalue weighted by atomic mass is 32.1. The summed E-state index contributed by atoms with van der Waals surface area (Å²) in [5, 5.41) is 20.9. The van der Waals surface area contributed by atoms with Crippen LogP contribution in [0.25, 0.3) is 5.57 Å². The van der Waals surface area contributed by atoms with Crippen LogP contribution in [-0.2, 0) is 5.41 Å². The molecule has 5 nitrogen and oxygen atoms in total. The molecule has 0 saturated carbocycles. The molecule has 4 rings (SSSR count).